The predicted molar refractivity (Wildman–Crippen MR) is 101 cm³/mol. The quantitative estimate of drug-likeness (QED) is 0.705. The molecule has 0 heterocycles. The molecular formula is C18H19ClN2O4S. The van der Waals surface area contributed by atoms with Crippen LogP contribution in [0.2, 0.25) is 5.02 Å². The van der Waals surface area contributed by atoms with E-state index in [-0.39, 0.29) is 29.6 Å². The summed E-state index contributed by atoms with van der Waals surface area (Å²) in [5.74, 6) is -0.472. The van der Waals surface area contributed by atoms with Crippen LogP contribution < -0.4 is 10.0 Å². The maximum Gasteiger partial charge on any atom is 0.240 e. The Morgan fingerprint density at radius 2 is 1.73 bits per heavy atom. The average molecular weight is 395 g/mol. The number of halogens is 1. The number of hydrogen-bond donors (Lipinski definition) is 2. The van der Waals surface area contributed by atoms with E-state index in [4.69, 9.17) is 11.6 Å². The van der Waals surface area contributed by atoms with Crippen molar-refractivity contribution in [2.75, 3.05) is 11.9 Å². The van der Waals surface area contributed by atoms with Gasteiger partial charge < -0.3 is 5.32 Å². The van der Waals surface area contributed by atoms with Crippen LogP contribution in [-0.4, -0.2) is 26.7 Å². The highest BCUT2D eigenvalue weighted by atomic mass is 35.5. The molecule has 0 saturated heterocycles. The van der Waals surface area contributed by atoms with Crippen molar-refractivity contribution in [3.63, 3.8) is 0 Å². The maximum absolute atomic E-state index is 12.2. The van der Waals surface area contributed by atoms with Crippen LogP contribution in [0.25, 0.3) is 0 Å². The van der Waals surface area contributed by atoms with Gasteiger partial charge in [-0.25, -0.2) is 13.1 Å². The fourth-order valence-electron chi connectivity index (χ4n) is 2.21. The Morgan fingerprint density at radius 3 is 2.35 bits per heavy atom. The molecule has 0 aliphatic heterocycles. The summed E-state index contributed by atoms with van der Waals surface area (Å²) in [5, 5.41) is 3.24. The van der Waals surface area contributed by atoms with E-state index in [1.54, 1.807) is 25.1 Å². The SMILES string of the molecule is CC(=O)c1ccc(S(=O)(=O)NCCC(=O)Nc2cccc(Cl)c2C)cc1. The number of Topliss-reactive ketones (excluding diaryl/α,β-unsaturated/α-hetero) is 1. The molecule has 6 nitrogen and oxygen atoms in total. The summed E-state index contributed by atoms with van der Waals surface area (Å²) in [6, 6.07) is 10.8. The van der Waals surface area contributed by atoms with Gasteiger partial charge in [0, 0.05) is 29.2 Å². The molecule has 26 heavy (non-hydrogen) atoms. The van der Waals surface area contributed by atoms with Gasteiger partial charge in [0.15, 0.2) is 5.78 Å². The molecule has 0 saturated carbocycles. The van der Waals surface area contributed by atoms with Gasteiger partial charge in [-0.2, -0.15) is 0 Å². The van der Waals surface area contributed by atoms with E-state index in [1.807, 2.05) is 0 Å². The highest BCUT2D eigenvalue weighted by Crippen LogP contribution is 2.22. The van der Waals surface area contributed by atoms with Crippen molar-refractivity contribution in [3.05, 3.63) is 58.6 Å². The number of ketones is 1. The molecule has 2 aromatic carbocycles. The zero-order valence-corrected chi connectivity index (χ0v) is 15.9. The first-order valence-electron chi connectivity index (χ1n) is 7.86. The predicted octanol–water partition coefficient (Wildman–Crippen LogP) is 3.16. The van der Waals surface area contributed by atoms with Gasteiger partial charge in [0.2, 0.25) is 15.9 Å². The number of hydrogen-bond acceptors (Lipinski definition) is 4. The van der Waals surface area contributed by atoms with E-state index in [2.05, 4.69) is 10.0 Å². The summed E-state index contributed by atoms with van der Waals surface area (Å²) in [4.78, 5) is 23.3. The van der Waals surface area contributed by atoms with E-state index >= 15 is 0 Å². The van der Waals surface area contributed by atoms with Crippen LogP contribution in [0.5, 0.6) is 0 Å². The highest BCUT2D eigenvalue weighted by Gasteiger charge is 2.15. The molecule has 2 aromatic rings. The third kappa shape index (κ3) is 5.14. The van der Waals surface area contributed by atoms with E-state index in [1.165, 1.54) is 31.2 Å². The van der Waals surface area contributed by atoms with Crippen molar-refractivity contribution in [2.45, 2.75) is 25.2 Å². The van der Waals surface area contributed by atoms with Crippen LogP contribution in [0.15, 0.2) is 47.4 Å². The summed E-state index contributed by atoms with van der Waals surface area (Å²) in [5.41, 5.74) is 1.76. The molecule has 1 amide bonds. The van der Waals surface area contributed by atoms with Crippen molar-refractivity contribution in [1.82, 2.24) is 4.72 Å². The van der Waals surface area contributed by atoms with Crippen LogP contribution in [0.3, 0.4) is 0 Å². The van der Waals surface area contributed by atoms with Gasteiger partial charge in [0.25, 0.3) is 0 Å². The van der Waals surface area contributed by atoms with Crippen molar-refractivity contribution >= 4 is 39.0 Å². The first-order chi connectivity index (χ1) is 12.2. The molecule has 2 N–H and O–H groups in total. The van der Waals surface area contributed by atoms with E-state index in [0.29, 0.717) is 16.3 Å². The highest BCUT2D eigenvalue weighted by molar-refractivity contribution is 7.89. The second-order valence-corrected chi connectivity index (χ2v) is 7.86. The van der Waals surface area contributed by atoms with Crippen LogP contribution >= 0.6 is 11.6 Å². The van der Waals surface area contributed by atoms with Gasteiger partial charge >= 0.3 is 0 Å². The molecular weight excluding hydrogens is 376 g/mol. The van der Waals surface area contributed by atoms with Crippen molar-refractivity contribution < 1.29 is 18.0 Å². The van der Waals surface area contributed by atoms with E-state index in [9.17, 15) is 18.0 Å². The van der Waals surface area contributed by atoms with Crippen molar-refractivity contribution in [3.8, 4) is 0 Å². The zero-order chi connectivity index (χ0) is 19.3. The molecule has 0 atom stereocenters. The lowest BCUT2D eigenvalue weighted by Crippen LogP contribution is -2.28. The lowest BCUT2D eigenvalue weighted by Gasteiger charge is -2.10. The Hall–Kier alpha value is -2.22. The van der Waals surface area contributed by atoms with E-state index < -0.39 is 10.0 Å². The van der Waals surface area contributed by atoms with Crippen LogP contribution in [-0.2, 0) is 14.8 Å². The third-order valence-electron chi connectivity index (χ3n) is 3.76. The smallest absolute Gasteiger partial charge is 0.240 e. The number of nitrogens with one attached hydrogen (secondary N) is 2. The third-order valence-corrected chi connectivity index (χ3v) is 5.64. The average Bonchev–Trinajstić information content (AvgIpc) is 2.59. The molecule has 2 rings (SSSR count). The Bertz CT molecular complexity index is 925. The molecule has 0 spiro atoms. The molecule has 0 fully saturated rings. The van der Waals surface area contributed by atoms with Crippen LogP contribution in [0.1, 0.15) is 29.3 Å². The number of anilines is 1. The number of sulfonamides is 1. The number of carbonyl (C=O) groups is 2. The van der Waals surface area contributed by atoms with Gasteiger partial charge in [-0.3, -0.25) is 9.59 Å². The molecule has 0 unspecified atom stereocenters. The molecule has 0 radical (unpaired) electrons. The van der Waals surface area contributed by atoms with Crippen molar-refractivity contribution in [2.24, 2.45) is 0 Å². The molecule has 0 aliphatic rings. The number of benzene rings is 2. The molecule has 0 aromatic heterocycles. The first kappa shape index (κ1) is 20.1. The minimum absolute atomic E-state index is 0.0310. The second-order valence-electron chi connectivity index (χ2n) is 5.69. The molecule has 0 aliphatic carbocycles. The zero-order valence-electron chi connectivity index (χ0n) is 14.4. The second kappa shape index (κ2) is 8.44. The summed E-state index contributed by atoms with van der Waals surface area (Å²) < 4.78 is 26.8. The summed E-state index contributed by atoms with van der Waals surface area (Å²) in [6.07, 6.45) is -0.0310. The van der Waals surface area contributed by atoms with E-state index in [0.717, 1.165) is 5.56 Å². The largest absolute Gasteiger partial charge is 0.326 e. The molecule has 0 bridgehead atoms. The Labute approximate surface area is 157 Å². The van der Waals surface area contributed by atoms with Gasteiger partial charge in [-0.15, -0.1) is 0 Å². The lowest BCUT2D eigenvalue weighted by molar-refractivity contribution is -0.116. The Balaban J connectivity index is 1.92. The monoisotopic (exact) mass is 394 g/mol. The minimum atomic E-state index is -3.75. The standard InChI is InChI=1S/C18H19ClN2O4S/c1-12-16(19)4-3-5-17(12)21-18(23)10-11-20-26(24,25)15-8-6-14(7-9-15)13(2)22/h3-9,20H,10-11H2,1-2H3,(H,21,23). The maximum atomic E-state index is 12.2. The summed E-state index contributed by atoms with van der Waals surface area (Å²) in [6.45, 7) is 3.13. The molecule has 138 valence electrons. The lowest BCUT2D eigenvalue weighted by atomic mass is 10.2. The number of carbonyl (C=O) groups excluding carboxylic acids is 2. The molecule has 8 heteroatoms. The fraction of sp³-hybridized carbons (Fsp3) is 0.222. The Morgan fingerprint density at radius 1 is 1.08 bits per heavy atom. The number of amides is 1. The topological polar surface area (TPSA) is 92.3 Å². The van der Waals surface area contributed by atoms with Gasteiger partial charge in [0.05, 0.1) is 4.90 Å². The normalized spacial score (nSPS) is 11.2. The number of rotatable bonds is 7. The van der Waals surface area contributed by atoms with Crippen molar-refractivity contribution in [1.29, 1.82) is 0 Å². The van der Waals surface area contributed by atoms with Gasteiger partial charge in [-0.05, 0) is 43.7 Å². The Kier molecular flexibility index (Phi) is 6.52. The summed E-state index contributed by atoms with van der Waals surface area (Å²) in [7, 11) is -3.75. The first-order valence-corrected chi connectivity index (χ1v) is 9.72. The van der Waals surface area contributed by atoms with Crippen LogP contribution in [0.4, 0.5) is 5.69 Å². The van der Waals surface area contributed by atoms with Gasteiger partial charge in [0.1, 0.15) is 0 Å². The minimum Gasteiger partial charge on any atom is -0.326 e. The van der Waals surface area contributed by atoms with Crippen LogP contribution in [0, 0.1) is 6.92 Å². The summed E-state index contributed by atoms with van der Waals surface area (Å²) >= 11 is 6.00. The van der Waals surface area contributed by atoms with Gasteiger partial charge in [-0.1, -0.05) is 29.8 Å². The fourth-order valence-corrected chi connectivity index (χ4v) is 3.41.